The summed E-state index contributed by atoms with van der Waals surface area (Å²) in [5.41, 5.74) is 2.50. The minimum atomic E-state index is -0.709. The molecule has 0 aliphatic heterocycles. The zero-order valence-corrected chi connectivity index (χ0v) is 28.1. The van der Waals surface area contributed by atoms with Crippen LogP contribution in [0.3, 0.4) is 0 Å². The van der Waals surface area contributed by atoms with Crippen molar-refractivity contribution >= 4 is 35.8 Å². The second kappa shape index (κ2) is 19.8. The first kappa shape index (κ1) is 38.6. The fourth-order valence-corrected chi connectivity index (χ4v) is 5.13. The average molecular weight is 663 g/mol. The van der Waals surface area contributed by atoms with Crippen molar-refractivity contribution in [2.45, 2.75) is 86.5 Å². The van der Waals surface area contributed by atoms with Crippen LogP contribution in [0.25, 0.3) is 0 Å². The molecule has 0 aliphatic rings. The second-order valence-electron chi connectivity index (χ2n) is 10.1. The summed E-state index contributed by atoms with van der Waals surface area (Å²) in [5.74, 6) is -3.54. The molecule has 2 heterocycles. The van der Waals surface area contributed by atoms with E-state index in [1.165, 1.54) is 0 Å². The van der Waals surface area contributed by atoms with Crippen molar-refractivity contribution in [1.82, 2.24) is 9.97 Å². The summed E-state index contributed by atoms with van der Waals surface area (Å²) in [6, 6.07) is 0. The Morgan fingerprint density at radius 3 is 1.09 bits per heavy atom. The molecule has 0 saturated heterocycles. The molecular formula is C33H46N2O12. The van der Waals surface area contributed by atoms with E-state index in [1.54, 1.807) is 41.5 Å². The van der Waals surface area contributed by atoms with Crippen LogP contribution in [-0.2, 0) is 79.7 Å². The molecule has 0 fully saturated rings. The van der Waals surface area contributed by atoms with Gasteiger partial charge in [-0.15, -0.1) is 0 Å². The largest absolute Gasteiger partial charge is 0.466 e. The highest BCUT2D eigenvalue weighted by molar-refractivity contribution is 5.93. The first-order valence-corrected chi connectivity index (χ1v) is 16.0. The van der Waals surface area contributed by atoms with Gasteiger partial charge in [-0.2, -0.15) is 0 Å². The summed E-state index contributed by atoms with van der Waals surface area (Å²) < 4.78 is 31.1. The monoisotopic (exact) mass is 662 g/mol. The summed E-state index contributed by atoms with van der Waals surface area (Å²) in [4.78, 5) is 82.5. The Morgan fingerprint density at radius 1 is 0.447 bits per heavy atom. The van der Waals surface area contributed by atoms with E-state index in [2.05, 4.69) is 9.97 Å². The van der Waals surface area contributed by atoms with E-state index in [1.807, 2.05) is 0 Å². The number of ether oxygens (including phenoxy) is 6. The number of aromatic amines is 2. The lowest BCUT2D eigenvalue weighted by molar-refractivity contribution is -0.144. The minimum absolute atomic E-state index is 0.0147. The first-order valence-electron chi connectivity index (χ1n) is 16.0. The molecule has 0 saturated carbocycles. The molecule has 0 unspecified atom stereocenters. The molecule has 2 N–H and O–H groups in total. The predicted octanol–water partition coefficient (Wildman–Crippen LogP) is 3.49. The molecule has 0 bridgehead atoms. The molecule has 0 radical (unpaired) electrons. The zero-order valence-electron chi connectivity index (χ0n) is 28.1. The van der Waals surface area contributed by atoms with Gasteiger partial charge in [0.2, 0.25) is 0 Å². The van der Waals surface area contributed by atoms with Gasteiger partial charge in [0.25, 0.3) is 0 Å². The number of nitrogens with one attached hydrogen (secondary N) is 2. The van der Waals surface area contributed by atoms with Gasteiger partial charge < -0.3 is 38.4 Å². The lowest BCUT2D eigenvalue weighted by Gasteiger charge is -2.11. The number of carbonyl (C=O) groups is 6. The third-order valence-electron chi connectivity index (χ3n) is 6.95. The quantitative estimate of drug-likeness (QED) is 0.155. The normalized spacial score (nSPS) is 10.7. The Kier molecular flexibility index (Phi) is 16.2. The minimum Gasteiger partial charge on any atom is -0.466 e. The van der Waals surface area contributed by atoms with Gasteiger partial charge in [-0.05, 0) is 76.6 Å². The van der Waals surface area contributed by atoms with Crippen LogP contribution < -0.4 is 0 Å². The topological polar surface area (TPSA) is 189 Å². The third-order valence-corrected chi connectivity index (χ3v) is 6.95. The van der Waals surface area contributed by atoms with E-state index in [-0.39, 0.29) is 96.0 Å². The van der Waals surface area contributed by atoms with Gasteiger partial charge >= 0.3 is 35.8 Å². The van der Waals surface area contributed by atoms with Gasteiger partial charge in [-0.3, -0.25) is 19.2 Å². The fraction of sp³-hybridized carbons (Fsp3) is 0.576. The van der Waals surface area contributed by atoms with Crippen molar-refractivity contribution in [2.75, 3.05) is 39.6 Å². The van der Waals surface area contributed by atoms with Crippen LogP contribution in [-0.4, -0.2) is 85.4 Å². The molecule has 14 heteroatoms. The van der Waals surface area contributed by atoms with Crippen molar-refractivity contribution in [3.05, 3.63) is 45.0 Å². The van der Waals surface area contributed by atoms with Crippen molar-refractivity contribution in [3.63, 3.8) is 0 Å². The van der Waals surface area contributed by atoms with E-state index in [0.717, 1.165) is 0 Å². The number of esters is 6. The highest BCUT2D eigenvalue weighted by atomic mass is 16.5. The van der Waals surface area contributed by atoms with Crippen LogP contribution in [0.2, 0.25) is 0 Å². The van der Waals surface area contributed by atoms with Gasteiger partial charge in [0.15, 0.2) is 0 Å². The van der Waals surface area contributed by atoms with Crippen molar-refractivity contribution in [3.8, 4) is 0 Å². The molecule has 0 amide bonds. The number of H-pyrrole nitrogens is 2. The number of rotatable bonds is 20. The maximum atomic E-state index is 13.1. The maximum Gasteiger partial charge on any atom is 0.355 e. The highest BCUT2D eigenvalue weighted by Crippen LogP contribution is 2.30. The van der Waals surface area contributed by atoms with E-state index in [9.17, 15) is 28.8 Å². The number of aromatic nitrogens is 2. The average Bonchev–Trinajstić information content (AvgIpc) is 3.52. The van der Waals surface area contributed by atoms with Gasteiger partial charge in [-0.25, -0.2) is 9.59 Å². The summed E-state index contributed by atoms with van der Waals surface area (Å²) >= 11 is 0. The molecular weight excluding hydrogens is 616 g/mol. The Balaban J connectivity index is 2.81. The molecule has 2 aromatic heterocycles. The van der Waals surface area contributed by atoms with Crippen LogP contribution in [0.1, 0.15) is 109 Å². The smallest absolute Gasteiger partial charge is 0.355 e. The molecule has 260 valence electrons. The summed E-state index contributed by atoms with van der Waals surface area (Å²) in [6.45, 7) is 10.7. The van der Waals surface area contributed by atoms with Crippen molar-refractivity contribution in [2.24, 2.45) is 0 Å². The molecule has 47 heavy (non-hydrogen) atoms. The first-order chi connectivity index (χ1) is 22.5. The Bertz CT molecular complexity index is 1300. The Labute approximate surface area is 274 Å². The predicted molar refractivity (Wildman–Crippen MR) is 167 cm³/mol. The van der Waals surface area contributed by atoms with Crippen LogP contribution in [0, 0.1) is 0 Å². The molecule has 0 spiro atoms. The summed E-state index contributed by atoms with van der Waals surface area (Å²) in [6.07, 6.45) is -0.464. The SMILES string of the molecule is CCOC(=O)CCc1c(Cc2[nH]c(C(=O)OCC)c(CC(=O)OCC)c2CCC(=O)OCC)[nH]c(C(=O)OCC)c1CC(=O)OCC. The van der Waals surface area contributed by atoms with E-state index < -0.39 is 35.8 Å². The standard InChI is InChI=1S/C33H46N2O12/c1-7-42-26(36)15-13-20-22(17-28(38)44-9-3)30(32(40)46-11-5)34-24(20)19-25-21(14-16-27(37)43-8-2)23(18-29(39)45-10-4)31(35-25)33(41)47-12-6/h34-35H,7-19H2,1-6H3. The third kappa shape index (κ3) is 11.3. The summed E-state index contributed by atoms with van der Waals surface area (Å²) in [5, 5.41) is 0. The van der Waals surface area contributed by atoms with Crippen LogP contribution >= 0.6 is 0 Å². The Hall–Kier alpha value is -4.62. The molecule has 2 aromatic rings. The molecule has 14 nitrogen and oxygen atoms in total. The van der Waals surface area contributed by atoms with Crippen molar-refractivity contribution < 1.29 is 57.2 Å². The van der Waals surface area contributed by atoms with Crippen molar-refractivity contribution in [1.29, 1.82) is 0 Å². The highest BCUT2D eigenvalue weighted by Gasteiger charge is 2.30. The number of hydrogen-bond donors (Lipinski definition) is 2. The lowest BCUT2D eigenvalue weighted by Crippen LogP contribution is -2.14. The van der Waals surface area contributed by atoms with Gasteiger partial charge in [0.05, 0.1) is 52.5 Å². The van der Waals surface area contributed by atoms with Crippen LogP contribution in [0.5, 0.6) is 0 Å². The van der Waals surface area contributed by atoms with E-state index >= 15 is 0 Å². The number of hydrogen-bond acceptors (Lipinski definition) is 12. The number of carbonyl (C=O) groups excluding carboxylic acids is 6. The fourth-order valence-electron chi connectivity index (χ4n) is 5.13. The van der Waals surface area contributed by atoms with Gasteiger partial charge in [0.1, 0.15) is 11.4 Å². The molecule has 2 rings (SSSR count). The molecule has 0 aliphatic carbocycles. The van der Waals surface area contributed by atoms with E-state index in [4.69, 9.17) is 28.4 Å². The lowest BCUT2D eigenvalue weighted by atomic mass is 9.95. The molecule has 0 aromatic carbocycles. The van der Waals surface area contributed by atoms with E-state index in [0.29, 0.717) is 33.6 Å². The van der Waals surface area contributed by atoms with Gasteiger partial charge in [0, 0.05) is 30.7 Å². The van der Waals surface area contributed by atoms with Crippen LogP contribution in [0.4, 0.5) is 0 Å². The maximum absolute atomic E-state index is 13.1. The summed E-state index contributed by atoms with van der Waals surface area (Å²) in [7, 11) is 0. The van der Waals surface area contributed by atoms with Gasteiger partial charge in [-0.1, -0.05) is 0 Å². The molecule has 0 atom stereocenters. The Morgan fingerprint density at radius 2 is 0.766 bits per heavy atom. The van der Waals surface area contributed by atoms with Crippen LogP contribution in [0.15, 0.2) is 0 Å². The zero-order chi connectivity index (χ0) is 34.9. The second-order valence-corrected chi connectivity index (χ2v) is 10.1.